The quantitative estimate of drug-likeness (QED) is 0.640. The maximum absolute atomic E-state index is 2.31. The molecule has 0 nitrogen and oxygen atoms in total. The minimum atomic E-state index is 0.787. The fourth-order valence-corrected chi connectivity index (χ4v) is 10.2. The summed E-state index contributed by atoms with van der Waals surface area (Å²) in [6.45, 7) is 9.23. The highest BCUT2D eigenvalue weighted by atomic mass is 33.2. The van der Waals surface area contributed by atoms with E-state index in [0.29, 0.717) is 0 Å². The molecule has 4 heteroatoms. The molecular formula is C8H16S4. The van der Waals surface area contributed by atoms with E-state index in [4.69, 9.17) is 0 Å². The Labute approximate surface area is 91.6 Å². The highest BCUT2D eigenvalue weighted by molar-refractivity contribution is 8.93. The third-order valence-electron chi connectivity index (χ3n) is 1.58. The van der Waals surface area contributed by atoms with Crippen LogP contribution in [-0.2, 0) is 0 Å². The standard InChI is InChI=1S/C8H16S4/c1-5(2)7-9-11-8(6(3)4)12-10-7/h5-8H,1-4H3. The van der Waals surface area contributed by atoms with Gasteiger partial charge < -0.3 is 0 Å². The summed E-state index contributed by atoms with van der Waals surface area (Å²) in [5, 5.41) is 0. The van der Waals surface area contributed by atoms with E-state index in [-0.39, 0.29) is 0 Å². The summed E-state index contributed by atoms with van der Waals surface area (Å²) in [6, 6.07) is 0. The van der Waals surface area contributed by atoms with Crippen LogP contribution < -0.4 is 0 Å². The van der Waals surface area contributed by atoms with Crippen molar-refractivity contribution in [2.45, 2.75) is 36.9 Å². The lowest BCUT2D eigenvalue weighted by atomic mass is 10.3. The lowest BCUT2D eigenvalue weighted by Gasteiger charge is -2.29. The fourth-order valence-electron chi connectivity index (χ4n) is 0.696. The molecule has 1 aliphatic rings. The summed E-state index contributed by atoms with van der Waals surface area (Å²) in [5.41, 5.74) is 0. The fraction of sp³-hybridized carbons (Fsp3) is 1.00. The maximum atomic E-state index is 2.31. The second-order valence-corrected chi connectivity index (χ2v) is 9.32. The smallest absolute Gasteiger partial charge is 0.0733 e. The van der Waals surface area contributed by atoms with E-state index in [0.717, 1.165) is 21.0 Å². The largest absolute Gasteiger partial charge is 0.0774 e. The average molecular weight is 240 g/mol. The summed E-state index contributed by atoms with van der Waals surface area (Å²) < 4.78 is 1.57. The molecule has 72 valence electrons. The molecule has 0 amide bonds. The van der Waals surface area contributed by atoms with Gasteiger partial charge in [-0.3, -0.25) is 0 Å². The molecule has 1 rings (SSSR count). The number of hydrogen-bond acceptors (Lipinski definition) is 4. The zero-order valence-electron chi connectivity index (χ0n) is 7.94. The molecule has 0 aromatic heterocycles. The minimum Gasteiger partial charge on any atom is -0.0774 e. The van der Waals surface area contributed by atoms with Gasteiger partial charge in [0.2, 0.25) is 0 Å². The lowest BCUT2D eigenvalue weighted by Crippen LogP contribution is -2.13. The molecule has 1 fully saturated rings. The van der Waals surface area contributed by atoms with Crippen LogP contribution in [0.4, 0.5) is 0 Å². The molecular weight excluding hydrogens is 224 g/mol. The van der Waals surface area contributed by atoms with Crippen LogP contribution in [0.25, 0.3) is 0 Å². The van der Waals surface area contributed by atoms with Gasteiger partial charge in [0, 0.05) is 0 Å². The highest BCUT2D eigenvalue weighted by Crippen LogP contribution is 2.57. The van der Waals surface area contributed by atoms with Crippen LogP contribution in [0.5, 0.6) is 0 Å². The summed E-state index contributed by atoms with van der Waals surface area (Å²) in [7, 11) is 8.27. The van der Waals surface area contributed by atoms with Crippen molar-refractivity contribution in [1.82, 2.24) is 0 Å². The molecule has 0 saturated carbocycles. The topological polar surface area (TPSA) is 0 Å². The van der Waals surface area contributed by atoms with Crippen molar-refractivity contribution in [3.05, 3.63) is 0 Å². The van der Waals surface area contributed by atoms with Crippen molar-refractivity contribution in [2.75, 3.05) is 0 Å². The van der Waals surface area contributed by atoms with Crippen LogP contribution in [0, 0.1) is 11.8 Å². The SMILES string of the molecule is CC(C)C1SSC(C(C)C)SS1. The molecule has 0 bridgehead atoms. The van der Waals surface area contributed by atoms with Crippen molar-refractivity contribution in [1.29, 1.82) is 0 Å². The molecule has 0 spiro atoms. The Kier molecular flexibility index (Phi) is 5.09. The maximum Gasteiger partial charge on any atom is 0.0733 e. The van der Waals surface area contributed by atoms with Gasteiger partial charge in [-0.15, -0.1) is 0 Å². The van der Waals surface area contributed by atoms with E-state index in [1.54, 1.807) is 0 Å². The zero-order chi connectivity index (χ0) is 9.14. The minimum absolute atomic E-state index is 0.787. The Balaban J connectivity index is 2.30. The van der Waals surface area contributed by atoms with Gasteiger partial charge in [-0.05, 0) is 11.8 Å². The number of hydrogen-bond donors (Lipinski definition) is 0. The molecule has 12 heavy (non-hydrogen) atoms. The van der Waals surface area contributed by atoms with Gasteiger partial charge in [0.05, 0.1) is 9.16 Å². The number of rotatable bonds is 2. The lowest BCUT2D eigenvalue weighted by molar-refractivity contribution is 0.717. The van der Waals surface area contributed by atoms with E-state index >= 15 is 0 Å². The average Bonchev–Trinajstić information content (AvgIpc) is 2.04. The van der Waals surface area contributed by atoms with Crippen molar-refractivity contribution in [2.24, 2.45) is 11.8 Å². The molecule has 0 N–H and O–H groups in total. The van der Waals surface area contributed by atoms with Crippen molar-refractivity contribution < 1.29 is 0 Å². The third kappa shape index (κ3) is 3.28. The van der Waals surface area contributed by atoms with E-state index in [1.807, 2.05) is 0 Å². The monoisotopic (exact) mass is 240 g/mol. The van der Waals surface area contributed by atoms with Gasteiger partial charge in [-0.25, -0.2) is 0 Å². The van der Waals surface area contributed by atoms with Crippen molar-refractivity contribution in [3.63, 3.8) is 0 Å². The van der Waals surface area contributed by atoms with Crippen molar-refractivity contribution >= 4 is 43.2 Å². The van der Waals surface area contributed by atoms with E-state index < -0.39 is 0 Å². The third-order valence-corrected chi connectivity index (χ3v) is 10.5. The summed E-state index contributed by atoms with van der Waals surface area (Å²) in [6.07, 6.45) is 0. The predicted octanol–water partition coefficient (Wildman–Crippen LogP) is 4.73. The molecule has 0 aromatic carbocycles. The Hall–Kier alpha value is 1.40. The second-order valence-electron chi connectivity index (χ2n) is 3.61. The molecule has 1 aliphatic heterocycles. The van der Waals surface area contributed by atoms with Gasteiger partial charge in [-0.2, -0.15) is 0 Å². The van der Waals surface area contributed by atoms with Gasteiger partial charge in [0.25, 0.3) is 0 Å². The second kappa shape index (κ2) is 5.32. The zero-order valence-corrected chi connectivity index (χ0v) is 11.2. The summed E-state index contributed by atoms with van der Waals surface area (Å²) in [4.78, 5) is 0. The normalized spacial score (nSPS) is 31.5. The van der Waals surface area contributed by atoms with Crippen LogP contribution >= 0.6 is 43.2 Å². The summed E-state index contributed by atoms with van der Waals surface area (Å²) >= 11 is 0. The van der Waals surface area contributed by atoms with Crippen LogP contribution in [0.15, 0.2) is 0 Å². The Morgan fingerprint density at radius 3 is 1.08 bits per heavy atom. The molecule has 0 aliphatic carbocycles. The molecule has 0 unspecified atom stereocenters. The van der Waals surface area contributed by atoms with Gasteiger partial charge in [0.15, 0.2) is 0 Å². The molecule has 0 atom stereocenters. The van der Waals surface area contributed by atoms with Gasteiger partial charge in [0.1, 0.15) is 0 Å². The van der Waals surface area contributed by atoms with Crippen LogP contribution in [0.3, 0.4) is 0 Å². The van der Waals surface area contributed by atoms with E-state index in [2.05, 4.69) is 70.9 Å². The first-order chi connectivity index (χ1) is 5.61. The first kappa shape index (κ1) is 11.5. The highest BCUT2D eigenvalue weighted by Gasteiger charge is 2.27. The van der Waals surface area contributed by atoms with E-state index in [1.165, 1.54) is 0 Å². The molecule has 0 radical (unpaired) electrons. The predicted molar refractivity (Wildman–Crippen MR) is 67.6 cm³/mol. The van der Waals surface area contributed by atoms with Gasteiger partial charge in [-0.1, -0.05) is 70.9 Å². The molecule has 1 saturated heterocycles. The van der Waals surface area contributed by atoms with E-state index in [9.17, 15) is 0 Å². The summed E-state index contributed by atoms with van der Waals surface area (Å²) in [5.74, 6) is 1.60. The first-order valence-corrected chi connectivity index (χ1v) is 8.80. The Morgan fingerprint density at radius 2 is 0.917 bits per heavy atom. The Morgan fingerprint density at radius 1 is 0.667 bits per heavy atom. The molecule has 1 heterocycles. The van der Waals surface area contributed by atoms with Crippen molar-refractivity contribution in [3.8, 4) is 0 Å². The van der Waals surface area contributed by atoms with Crippen LogP contribution in [0.1, 0.15) is 27.7 Å². The Bertz CT molecular complexity index is 111. The molecule has 0 aromatic rings. The van der Waals surface area contributed by atoms with Gasteiger partial charge >= 0.3 is 0 Å². The first-order valence-electron chi connectivity index (χ1n) is 4.25. The van der Waals surface area contributed by atoms with Crippen LogP contribution in [0.2, 0.25) is 0 Å². The van der Waals surface area contributed by atoms with Crippen LogP contribution in [-0.4, -0.2) is 9.16 Å².